The van der Waals surface area contributed by atoms with Gasteiger partial charge in [-0.3, -0.25) is 4.79 Å². The van der Waals surface area contributed by atoms with Gasteiger partial charge in [0.15, 0.2) is 0 Å². The van der Waals surface area contributed by atoms with E-state index in [1.54, 1.807) is 6.92 Å². The molecule has 1 N–H and O–H groups in total. The van der Waals surface area contributed by atoms with Crippen LogP contribution in [0.4, 0.5) is 8.78 Å². The molecule has 1 fully saturated rings. The lowest BCUT2D eigenvalue weighted by Gasteiger charge is -2.36. The third-order valence-electron chi connectivity index (χ3n) is 2.17. The number of piperidine rings is 1. The van der Waals surface area contributed by atoms with E-state index in [-0.39, 0.29) is 6.54 Å². The summed E-state index contributed by atoms with van der Waals surface area (Å²) < 4.78 is 24.0. The fraction of sp³-hybridized carbons (Fsp3) is 0.875. The molecule has 0 aromatic carbocycles. The highest BCUT2D eigenvalue weighted by Crippen LogP contribution is 2.21. The quantitative estimate of drug-likeness (QED) is 0.663. The number of likely N-dealkylation sites (tertiary alicyclic amines) is 1. The third-order valence-corrected chi connectivity index (χ3v) is 2.17. The van der Waals surface area contributed by atoms with E-state index in [0.717, 1.165) is 4.90 Å². The maximum Gasteiger partial charge on any atom is 0.315 e. The summed E-state index contributed by atoms with van der Waals surface area (Å²) in [5.74, 6) is -1.18. The Morgan fingerprint density at radius 1 is 1.62 bits per heavy atom. The van der Waals surface area contributed by atoms with Crippen molar-refractivity contribution in [3.8, 4) is 0 Å². The van der Waals surface area contributed by atoms with E-state index < -0.39 is 17.9 Å². The van der Waals surface area contributed by atoms with Crippen molar-refractivity contribution in [2.24, 2.45) is 0 Å². The number of hydrogen-bond acceptors (Lipinski definition) is 2. The summed E-state index contributed by atoms with van der Waals surface area (Å²) in [7, 11) is 0. The number of hydrogen-bond donors (Lipinski definition) is 1. The average molecular weight is 193 g/mol. The average Bonchev–Trinajstić information content (AvgIpc) is 2.01. The highest BCUT2D eigenvalue weighted by atomic mass is 19.3. The van der Waals surface area contributed by atoms with Crippen molar-refractivity contribution in [1.29, 1.82) is 0 Å². The van der Waals surface area contributed by atoms with Crippen LogP contribution in [0.5, 0.6) is 0 Å². The van der Waals surface area contributed by atoms with Gasteiger partial charge in [-0.15, -0.1) is 0 Å². The van der Waals surface area contributed by atoms with E-state index in [1.165, 1.54) is 0 Å². The molecule has 1 unspecified atom stereocenters. The number of halogens is 2. The number of aliphatic hydroxyl groups is 1. The molecule has 1 rings (SSSR count). The van der Waals surface area contributed by atoms with Gasteiger partial charge in [0, 0.05) is 13.1 Å². The Morgan fingerprint density at radius 2 is 2.23 bits per heavy atom. The van der Waals surface area contributed by atoms with Gasteiger partial charge in [-0.2, -0.15) is 8.78 Å². The first-order valence-electron chi connectivity index (χ1n) is 4.22. The fourth-order valence-corrected chi connectivity index (χ4v) is 1.55. The third kappa shape index (κ3) is 2.62. The maximum absolute atomic E-state index is 12.0. The van der Waals surface area contributed by atoms with Gasteiger partial charge < -0.3 is 10.0 Å². The van der Waals surface area contributed by atoms with Crippen LogP contribution in [0.1, 0.15) is 19.8 Å². The first-order chi connectivity index (χ1) is 5.92. The second-order valence-corrected chi connectivity index (χ2v) is 3.66. The smallest absolute Gasteiger partial charge is 0.315 e. The normalized spacial score (nSPS) is 29.5. The number of rotatable bonds is 1. The minimum Gasteiger partial charge on any atom is -0.388 e. The number of alkyl halides is 2. The molecular formula is C8H13F2NO2. The molecule has 1 amide bonds. The van der Waals surface area contributed by atoms with Crippen LogP contribution in [-0.2, 0) is 4.79 Å². The zero-order valence-electron chi connectivity index (χ0n) is 7.46. The molecule has 0 aliphatic carbocycles. The molecule has 1 atom stereocenters. The van der Waals surface area contributed by atoms with Crippen LogP contribution in [0.25, 0.3) is 0 Å². The number of nitrogens with zero attached hydrogens (tertiary/aromatic N) is 1. The minimum atomic E-state index is -2.96. The number of carbonyl (C=O) groups excluding carboxylic acids is 1. The molecule has 0 spiro atoms. The molecule has 0 radical (unpaired) electrons. The van der Waals surface area contributed by atoms with E-state index in [2.05, 4.69) is 0 Å². The Kier molecular flexibility index (Phi) is 2.85. The van der Waals surface area contributed by atoms with E-state index >= 15 is 0 Å². The van der Waals surface area contributed by atoms with E-state index in [0.29, 0.717) is 19.4 Å². The highest BCUT2D eigenvalue weighted by molar-refractivity contribution is 5.79. The summed E-state index contributed by atoms with van der Waals surface area (Å²) in [5.41, 5.74) is -1.01. The lowest BCUT2D eigenvalue weighted by molar-refractivity contribution is -0.149. The van der Waals surface area contributed by atoms with E-state index in [9.17, 15) is 18.7 Å². The van der Waals surface area contributed by atoms with Crippen molar-refractivity contribution in [3.05, 3.63) is 0 Å². The standard InChI is InChI=1S/C8H13F2NO2/c1-8(13)3-2-4-11(5-8)7(12)6(9)10/h6,13H,2-5H2,1H3. The van der Waals surface area contributed by atoms with Crippen LogP contribution in [0.2, 0.25) is 0 Å². The fourth-order valence-electron chi connectivity index (χ4n) is 1.55. The predicted molar refractivity (Wildman–Crippen MR) is 42.4 cm³/mol. The van der Waals surface area contributed by atoms with E-state index in [1.807, 2.05) is 0 Å². The first kappa shape index (κ1) is 10.4. The van der Waals surface area contributed by atoms with Gasteiger partial charge in [-0.25, -0.2) is 0 Å². The molecule has 13 heavy (non-hydrogen) atoms. The Hall–Kier alpha value is -0.710. The topological polar surface area (TPSA) is 40.5 Å². The molecule has 3 nitrogen and oxygen atoms in total. The molecule has 0 aromatic rings. The Bertz CT molecular complexity index is 206. The lowest BCUT2D eigenvalue weighted by atomic mass is 9.95. The van der Waals surface area contributed by atoms with Crippen LogP contribution in [-0.4, -0.2) is 41.0 Å². The molecule has 76 valence electrons. The monoisotopic (exact) mass is 193 g/mol. The summed E-state index contributed by atoms with van der Waals surface area (Å²) in [6.07, 6.45) is -1.83. The van der Waals surface area contributed by atoms with Crippen molar-refractivity contribution in [3.63, 3.8) is 0 Å². The molecule has 1 heterocycles. The SMILES string of the molecule is CC1(O)CCCN(C(=O)C(F)F)C1. The van der Waals surface area contributed by atoms with Crippen molar-refractivity contribution < 1.29 is 18.7 Å². The molecule has 5 heteroatoms. The zero-order valence-corrected chi connectivity index (χ0v) is 7.46. The van der Waals surface area contributed by atoms with Crippen molar-refractivity contribution >= 4 is 5.91 Å². The Balaban J connectivity index is 2.57. The second kappa shape index (κ2) is 3.57. The second-order valence-electron chi connectivity index (χ2n) is 3.66. The van der Waals surface area contributed by atoms with Crippen LogP contribution in [0.15, 0.2) is 0 Å². The summed E-state index contributed by atoms with van der Waals surface area (Å²) in [4.78, 5) is 11.9. The largest absolute Gasteiger partial charge is 0.388 e. The van der Waals surface area contributed by atoms with Crippen molar-refractivity contribution in [2.45, 2.75) is 31.8 Å². The molecule has 1 aliphatic heterocycles. The summed E-state index contributed by atoms with van der Waals surface area (Å²) in [6.45, 7) is 1.88. The summed E-state index contributed by atoms with van der Waals surface area (Å²) >= 11 is 0. The predicted octanol–water partition coefficient (Wildman–Crippen LogP) is 0.625. The Labute approximate surface area is 75.3 Å². The molecule has 0 bridgehead atoms. The number of carbonyl (C=O) groups is 1. The van der Waals surface area contributed by atoms with Gasteiger partial charge in [-0.1, -0.05) is 0 Å². The Morgan fingerprint density at radius 3 is 2.69 bits per heavy atom. The van der Waals surface area contributed by atoms with Gasteiger partial charge in [0.05, 0.1) is 5.60 Å². The summed E-state index contributed by atoms with van der Waals surface area (Å²) in [6, 6.07) is 0. The van der Waals surface area contributed by atoms with Gasteiger partial charge in [-0.05, 0) is 19.8 Å². The van der Waals surface area contributed by atoms with Gasteiger partial charge in [0.25, 0.3) is 5.91 Å². The van der Waals surface area contributed by atoms with Crippen LogP contribution in [0, 0.1) is 0 Å². The molecule has 0 aromatic heterocycles. The minimum absolute atomic E-state index is 0.0101. The molecule has 1 saturated heterocycles. The van der Waals surface area contributed by atoms with E-state index in [4.69, 9.17) is 0 Å². The first-order valence-corrected chi connectivity index (χ1v) is 4.22. The molecular weight excluding hydrogens is 180 g/mol. The van der Waals surface area contributed by atoms with Crippen LogP contribution in [0.3, 0.4) is 0 Å². The van der Waals surface area contributed by atoms with Crippen molar-refractivity contribution in [1.82, 2.24) is 4.90 Å². The van der Waals surface area contributed by atoms with Gasteiger partial charge >= 0.3 is 6.43 Å². The molecule has 1 aliphatic rings. The zero-order chi connectivity index (χ0) is 10.1. The highest BCUT2D eigenvalue weighted by Gasteiger charge is 2.33. The number of amides is 1. The lowest BCUT2D eigenvalue weighted by Crippen LogP contribution is -2.50. The van der Waals surface area contributed by atoms with Crippen LogP contribution >= 0.6 is 0 Å². The van der Waals surface area contributed by atoms with Crippen LogP contribution < -0.4 is 0 Å². The molecule has 0 saturated carbocycles. The number of β-amino-alcohol motifs (C(OH)–C–C–N with tert-alkyl or cyclic N) is 1. The maximum atomic E-state index is 12.0. The van der Waals surface area contributed by atoms with Gasteiger partial charge in [0.1, 0.15) is 0 Å². The van der Waals surface area contributed by atoms with Gasteiger partial charge in [0.2, 0.25) is 0 Å². The summed E-state index contributed by atoms with van der Waals surface area (Å²) in [5, 5.41) is 9.54. The van der Waals surface area contributed by atoms with Crippen molar-refractivity contribution in [2.75, 3.05) is 13.1 Å².